The molecule has 30 heavy (non-hydrogen) atoms. The molecule has 3 rings (SSSR count). The third-order valence-corrected chi connectivity index (χ3v) is 5.83. The van der Waals surface area contributed by atoms with Crippen LogP contribution in [-0.2, 0) is 23.3 Å². The maximum absolute atomic E-state index is 12.8. The minimum Gasteiger partial charge on any atom is -0.481 e. The van der Waals surface area contributed by atoms with Crippen LogP contribution in [-0.4, -0.2) is 30.0 Å². The van der Waals surface area contributed by atoms with Gasteiger partial charge in [0.15, 0.2) is 6.10 Å². The van der Waals surface area contributed by atoms with Crippen LogP contribution in [0.25, 0.3) is 0 Å². The van der Waals surface area contributed by atoms with E-state index in [-0.39, 0.29) is 11.3 Å². The minimum atomic E-state index is -0.490. The summed E-state index contributed by atoms with van der Waals surface area (Å²) in [5, 5.41) is 3.09. The summed E-state index contributed by atoms with van der Waals surface area (Å²) in [6.45, 7) is 12.4. The van der Waals surface area contributed by atoms with Crippen LogP contribution in [0.2, 0.25) is 0 Å². The number of nitrogens with one attached hydrogen (secondary N) is 1. The average Bonchev–Trinajstić information content (AvgIpc) is 3.24. The van der Waals surface area contributed by atoms with E-state index in [1.165, 1.54) is 42.6 Å². The molecule has 1 aliphatic heterocycles. The predicted octanol–water partition coefficient (Wildman–Crippen LogP) is 5.05. The number of likely N-dealkylation sites (tertiary alicyclic amines) is 1. The van der Waals surface area contributed by atoms with Gasteiger partial charge in [0, 0.05) is 13.1 Å². The van der Waals surface area contributed by atoms with Crippen molar-refractivity contribution in [1.82, 2.24) is 10.2 Å². The first-order valence-corrected chi connectivity index (χ1v) is 11.2. The zero-order chi connectivity index (χ0) is 21.6. The smallest absolute Gasteiger partial charge is 0.261 e. The average molecular weight is 409 g/mol. The SMILES string of the molecule is CCC(Oc1ccc(C(C)(C)C)cc1)C(=O)NCc1ccccc1CN1CCCC1. The standard InChI is InChI=1S/C26H36N2O2/c1-5-24(30-23-14-12-22(13-15-23)26(2,3)4)25(29)27-18-20-10-6-7-11-21(20)19-28-16-8-9-17-28/h6-7,10-15,24H,5,8-9,16-19H2,1-4H3,(H,27,29). The Hall–Kier alpha value is -2.33. The summed E-state index contributed by atoms with van der Waals surface area (Å²) in [7, 11) is 0. The molecule has 0 aromatic heterocycles. The van der Waals surface area contributed by atoms with E-state index in [0.717, 1.165) is 12.3 Å². The van der Waals surface area contributed by atoms with Gasteiger partial charge in [-0.05, 0) is 66.6 Å². The Morgan fingerprint density at radius 1 is 1.03 bits per heavy atom. The summed E-state index contributed by atoms with van der Waals surface area (Å²) in [4.78, 5) is 15.3. The minimum absolute atomic E-state index is 0.0617. The fourth-order valence-corrected chi connectivity index (χ4v) is 3.88. The number of rotatable bonds is 8. The lowest BCUT2D eigenvalue weighted by Gasteiger charge is -2.21. The van der Waals surface area contributed by atoms with Crippen LogP contribution in [0.1, 0.15) is 63.6 Å². The highest BCUT2D eigenvalue weighted by atomic mass is 16.5. The van der Waals surface area contributed by atoms with Crippen LogP contribution in [0.3, 0.4) is 0 Å². The topological polar surface area (TPSA) is 41.6 Å². The Morgan fingerprint density at radius 2 is 1.67 bits per heavy atom. The van der Waals surface area contributed by atoms with E-state index in [0.29, 0.717) is 13.0 Å². The number of ether oxygens (including phenoxy) is 1. The van der Waals surface area contributed by atoms with Gasteiger partial charge < -0.3 is 10.1 Å². The zero-order valence-corrected chi connectivity index (χ0v) is 18.9. The van der Waals surface area contributed by atoms with Crippen molar-refractivity contribution in [1.29, 1.82) is 0 Å². The molecule has 1 atom stereocenters. The van der Waals surface area contributed by atoms with Gasteiger partial charge in [0.25, 0.3) is 5.91 Å². The third kappa shape index (κ3) is 6.09. The molecule has 1 fully saturated rings. The number of hydrogen-bond acceptors (Lipinski definition) is 3. The Kier molecular flexibility index (Phi) is 7.54. The molecule has 1 aliphatic rings. The summed E-state index contributed by atoms with van der Waals surface area (Å²) < 4.78 is 6.00. The van der Waals surface area contributed by atoms with Gasteiger partial charge in [-0.25, -0.2) is 0 Å². The van der Waals surface area contributed by atoms with Crippen molar-refractivity contribution < 1.29 is 9.53 Å². The van der Waals surface area contributed by atoms with Crippen LogP contribution < -0.4 is 10.1 Å². The molecule has 2 aromatic carbocycles. The molecule has 0 bridgehead atoms. The van der Waals surface area contributed by atoms with Crippen LogP contribution >= 0.6 is 0 Å². The maximum Gasteiger partial charge on any atom is 0.261 e. The molecule has 1 saturated heterocycles. The lowest BCUT2D eigenvalue weighted by molar-refractivity contribution is -0.128. The number of carbonyl (C=O) groups is 1. The quantitative estimate of drug-likeness (QED) is 0.664. The van der Waals surface area contributed by atoms with Crippen molar-refractivity contribution in [3.8, 4) is 5.75 Å². The Bertz CT molecular complexity index is 818. The number of carbonyl (C=O) groups excluding carboxylic acids is 1. The molecule has 0 spiro atoms. The van der Waals surface area contributed by atoms with Crippen molar-refractivity contribution >= 4 is 5.91 Å². The van der Waals surface area contributed by atoms with Crippen molar-refractivity contribution in [2.75, 3.05) is 13.1 Å². The first-order chi connectivity index (χ1) is 14.4. The number of hydrogen-bond donors (Lipinski definition) is 1. The molecule has 0 radical (unpaired) electrons. The van der Waals surface area contributed by atoms with Gasteiger partial charge in [-0.2, -0.15) is 0 Å². The highest BCUT2D eigenvalue weighted by Gasteiger charge is 2.20. The monoisotopic (exact) mass is 408 g/mol. The van der Waals surface area contributed by atoms with Gasteiger partial charge in [-0.15, -0.1) is 0 Å². The van der Waals surface area contributed by atoms with E-state index in [1.807, 2.05) is 25.1 Å². The molecule has 1 heterocycles. The van der Waals surface area contributed by atoms with Gasteiger partial charge in [0.2, 0.25) is 0 Å². The van der Waals surface area contributed by atoms with Crippen LogP contribution in [0.15, 0.2) is 48.5 Å². The fourth-order valence-electron chi connectivity index (χ4n) is 3.88. The van der Waals surface area contributed by atoms with Gasteiger partial charge in [0.1, 0.15) is 5.75 Å². The van der Waals surface area contributed by atoms with E-state index in [4.69, 9.17) is 4.74 Å². The normalized spacial score (nSPS) is 15.7. The van der Waals surface area contributed by atoms with Crippen molar-refractivity contribution in [3.63, 3.8) is 0 Å². The van der Waals surface area contributed by atoms with Gasteiger partial charge in [-0.1, -0.05) is 64.1 Å². The molecule has 1 amide bonds. The van der Waals surface area contributed by atoms with E-state index in [9.17, 15) is 4.79 Å². The molecule has 1 unspecified atom stereocenters. The second kappa shape index (κ2) is 10.1. The third-order valence-electron chi connectivity index (χ3n) is 5.83. The van der Waals surface area contributed by atoms with Crippen LogP contribution in [0.4, 0.5) is 0 Å². The summed E-state index contributed by atoms with van der Waals surface area (Å²) >= 11 is 0. The summed E-state index contributed by atoms with van der Waals surface area (Å²) in [6.07, 6.45) is 2.70. The largest absolute Gasteiger partial charge is 0.481 e. The van der Waals surface area contributed by atoms with Crippen molar-refractivity contribution in [3.05, 3.63) is 65.2 Å². The molecule has 4 heteroatoms. The summed E-state index contributed by atoms with van der Waals surface area (Å²) in [6, 6.07) is 16.5. The second-order valence-corrected chi connectivity index (χ2v) is 9.26. The molecule has 2 aromatic rings. The Balaban J connectivity index is 1.58. The van der Waals surface area contributed by atoms with Crippen molar-refractivity contribution in [2.45, 2.75) is 71.6 Å². The molecule has 4 nitrogen and oxygen atoms in total. The van der Waals surface area contributed by atoms with Gasteiger partial charge >= 0.3 is 0 Å². The molecular formula is C26H36N2O2. The second-order valence-electron chi connectivity index (χ2n) is 9.26. The summed E-state index contributed by atoms with van der Waals surface area (Å²) in [5.41, 5.74) is 3.83. The molecule has 1 N–H and O–H groups in total. The molecular weight excluding hydrogens is 372 g/mol. The van der Waals surface area contributed by atoms with Gasteiger partial charge in [0.05, 0.1) is 0 Å². The fraction of sp³-hybridized carbons (Fsp3) is 0.500. The molecule has 0 aliphatic carbocycles. The van der Waals surface area contributed by atoms with Gasteiger partial charge in [-0.3, -0.25) is 9.69 Å². The molecule has 162 valence electrons. The Labute approximate surface area is 181 Å². The number of nitrogens with zero attached hydrogens (tertiary/aromatic N) is 1. The lowest BCUT2D eigenvalue weighted by atomic mass is 9.87. The predicted molar refractivity (Wildman–Crippen MR) is 123 cm³/mol. The van der Waals surface area contributed by atoms with E-state index in [2.05, 4.69) is 61.3 Å². The van der Waals surface area contributed by atoms with Crippen LogP contribution in [0, 0.1) is 0 Å². The lowest BCUT2D eigenvalue weighted by Crippen LogP contribution is -2.37. The van der Waals surface area contributed by atoms with E-state index < -0.39 is 6.10 Å². The number of amides is 1. The van der Waals surface area contributed by atoms with Crippen LogP contribution in [0.5, 0.6) is 5.75 Å². The zero-order valence-electron chi connectivity index (χ0n) is 18.9. The highest BCUT2D eigenvalue weighted by Crippen LogP contribution is 2.25. The first-order valence-electron chi connectivity index (χ1n) is 11.2. The highest BCUT2D eigenvalue weighted by molar-refractivity contribution is 5.81. The first kappa shape index (κ1) is 22.4. The van der Waals surface area contributed by atoms with E-state index in [1.54, 1.807) is 0 Å². The van der Waals surface area contributed by atoms with E-state index >= 15 is 0 Å². The summed E-state index contributed by atoms with van der Waals surface area (Å²) in [5.74, 6) is 0.674. The maximum atomic E-state index is 12.8. The Morgan fingerprint density at radius 3 is 2.27 bits per heavy atom. The molecule has 0 saturated carbocycles. The number of benzene rings is 2. The van der Waals surface area contributed by atoms with Crippen molar-refractivity contribution in [2.24, 2.45) is 0 Å².